The van der Waals surface area contributed by atoms with Gasteiger partial charge < -0.3 is 32.3 Å². The molecule has 0 heterocycles. The molecule has 0 fully saturated rings. The number of hydrogen-bond donors (Lipinski definition) is 5. The number of aliphatic hydroxyl groups excluding tert-OH is 2. The maximum Gasteiger partial charge on any atom is 0.240 e. The molecule has 56 heavy (non-hydrogen) atoms. The van der Waals surface area contributed by atoms with Crippen LogP contribution in [0.1, 0.15) is 206 Å². The Kier molecular flexibility index (Phi) is 37.5. The number of Topliss-reactive ketones (excluding diaryl/α,β-unsaturated/α-hetero) is 2. The van der Waals surface area contributed by atoms with E-state index >= 15 is 0 Å². The number of carbonyl (C=O) groups is 3. The Balaban J connectivity index is 4.95. The molecule has 2 unspecified atom stereocenters. The first-order valence-electron chi connectivity index (χ1n) is 22.9. The van der Waals surface area contributed by atoms with Gasteiger partial charge in [-0.25, -0.2) is 0 Å². The van der Waals surface area contributed by atoms with Gasteiger partial charge in [0.05, 0.1) is 19.3 Å². The minimum Gasteiger partial charge on any atom is -0.394 e. The number of unbranched alkanes of at least 4 members (excludes halogenated alkanes) is 22. The van der Waals surface area contributed by atoms with E-state index in [2.05, 4.69) is 43.1 Å². The smallest absolute Gasteiger partial charge is 0.240 e. The molecule has 3 atom stereocenters. The molecule has 0 rings (SSSR count). The molecular formula is C46H87N5O5. The van der Waals surface area contributed by atoms with E-state index < -0.39 is 37.2 Å². The third-order valence-electron chi connectivity index (χ3n) is 10.7. The number of rotatable bonds is 41. The Morgan fingerprint density at radius 3 is 1.21 bits per heavy atom. The number of aliphatic hydroxyl groups is 2. The van der Waals surface area contributed by atoms with Gasteiger partial charge in [0, 0.05) is 19.4 Å². The fourth-order valence-electron chi connectivity index (χ4n) is 7.12. The summed E-state index contributed by atoms with van der Waals surface area (Å²) in [6.45, 7) is 3.47. The fourth-order valence-corrected chi connectivity index (χ4v) is 7.12. The van der Waals surface area contributed by atoms with E-state index in [1.165, 1.54) is 77.0 Å². The van der Waals surface area contributed by atoms with E-state index in [0.29, 0.717) is 19.3 Å². The lowest BCUT2D eigenvalue weighted by Crippen LogP contribution is -2.60. The summed E-state index contributed by atoms with van der Waals surface area (Å²) in [6.07, 6.45) is 39.7. The molecule has 326 valence electrons. The number of carbonyl (C=O) groups excluding carboxylic acids is 3. The summed E-state index contributed by atoms with van der Waals surface area (Å²) in [5, 5.41) is 20.9. The number of ketones is 2. The first-order chi connectivity index (χ1) is 27.2. The molecule has 0 radical (unpaired) electrons. The number of aliphatic imine (C=N–C) groups is 1. The Hall–Kier alpha value is -2.56. The molecule has 10 heteroatoms. The Bertz CT molecular complexity index is 985. The summed E-state index contributed by atoms with van der Waals surface area (Å²) in [7, 11) is 0. The molecule has 0 aromatic carbocycles. The van der Waals surface area contributed by atoms with Crippen molar-refractivity contribution in [2.45, 2.75) is 225 Å². The highest BCUT2D eigenvalue weighted by Crippen LogP contribution is 2.19. The van der Waals surface area contributed by atoms with Gasteiger partial charge >= 0.3 is 0 Å². The first kappa shape index (κ1) is 53.4. The van der Waals surface area contributed by atoms with Crippen molar-refractivity contribution in [2.24, 2.45) is 22.2 Å². The molecule has 0 bridgehead atoms. The molecule has 0 aromatic rings. The number of nitrogens with zero attached hydrogens (tertiary/aromatic N) is 2. The third kappa shape index (κ3) is 29.6. The lowest BCUT2D eigenvalue weighted by molar-refractivity contribution is -0.150. The van der Waals surface area contributed by atoms with Gasteiger partial charge in [-0.05, 0) is 77.0 Å². The molecule has 0 saturated heterocycles. The molecule has 0 aliphatic heterocycles. The number of hydrogen-bond acceptors (Lipinski definition) is 7. The van der Waals surface area contributed by atoms with Crippen LogP contribution in [-0.4, -0.2) is 76.4 Å². The zero-order valence-corrected chi connectivity index (χ0v) is 36.1. The number of allylic oxidation sites excluding steroid dienone is 4. The van der Waals surface area contributed by atoms with Crippen LogP contribution < -0.4 is 17.2 Å². The Morgan fingerprint density at radius 1 is 0.536 bits per heavy atom. The molecule has 8 N–H and O–H groups in total. The molecule has 0 aliphatic carbocycles. The maximum atomic E-state index is 13.8. The Morgan fingerprint density at radius 2 is 0.875 bits per heavy atom. The molecule has 1 amide bonds. The van der Waals surface area contributed by atoms with Gasteiger partial charge in [-0.15, -0.1) is 0 Å². The van der Waals surface area contributed by atoms with Crippen molar-refractivity contribution in [3.05, 3.63) is 24.3 Å². The van der Waals surface area contributed by atoms with E-state index in [1.54, 1.807) is 0 Å². The van der Waals surface area contributed by atoms with Gasteiger partial charge in [-0.2, -0.15) is 0 Å². The largest absolute Gasteiger partial charge is 0.394 e. The van der Waals surface area contributed by atoms with Crippen LogP contribution in [0.2, 0.25) is 0 Å². The second kappa shape index (κ2) is 39.3. The molecule has 0 aromatic heterocycles. The monoisotopic (exact) mass is 790 g/mol. The van der Waals surface area contributed by atoms with Gasteiger partial charge in [-0.1, -0.05) is 141 Å². The lowest BCUT2D eigenvalue weighted by atomic mass is 9.97. The van der Waals surface area contributed by atoms with Crippen LogP contribution in [0.3, 0.4) is 0 Å². The average molecular weight is 790 g/mol. The summed E-state index contributed by atoms with van der Waals surface area (Å²) in [5.41, 5.74) is 17.1. The van der Waals surface area contributed by atoms with Crippen molar-refractivity contribution in [2.75, 3.05) is 19.8 Å². The highest BCUT2D eigenvalue weighted by molar-refractivity contribution is 5.95. The van der Waals surface area contributed by atoms with E-state index in [4.69, 9.17) is 17.2 Å². The van der Waals surface area contributed by atoms with E-state index in [-0.39, 0.29) is 43.3 Å². The number of nitrogens with two attached hydrogens (primary N) is 3. The lowest BCUT2D eigenvalue weighted by Gasteiger charge is -2.37. The summed E-state index contributed by atoms with van der Waals surface area (Å²) in [4.78, 5) is 45.8. The van der Waals surface area contributed by atoms with Crippen molar-refractivity contribution in [1.29, 1.82) is 0 Å². The van der Waals surface area contributed by atoms with E-state index in [0.717, 1.165) is 81.9 Å². The zero-order chi connectivity index (χ0) is 41.5. The normalized spacial score (nSPS) is 13.3. The van der Waals surface area contributed by atoms with Gasteiger partial charge in [-0.3, -0.25) is 19.4 Å². The average Bonchev–Trinajstić information content (AvgIpc) is 3.18. The van der Waals surface area contributed by atoms with Crippen molar-refractivity contribution < 1.29 is 24.6 Å². The number of amides is 1. The second-order valence-corrected chi connectivity index (χ2v) is 15.8. The summed E-state index contributed by atoms with van der Waals surface area (Å²) < 4.78 is 0. The van der Waals surface area contributed by atoms with Crippen molar-refractivity contribution in [3.8, 4) is 0 Å². The number of guanidine groups is 1. The van der Waals surface area contributed by atoms with Gasteiger partial charge in [0.15, 0.2) is 17.5 Å². The predicted molar refractivity (Wildman–Crippen MR) is 235 cm³/mol. The fraction of sp³-hybridized carbons (Fsp3) is 0.826. The second-order valence-electron chi connectivity index (χ2n) is 15.8. The van der Waals surface area contributed by atoms with Gasteiger partial charge in [0.25, 0.3) is 0 Å². The van der Waals surface area contributed by atoms with E-state index in [1.807, 2.05) is 0 Å². The highest BCUT2D eigenvalue weighted by Gasteiger charge is 2.39. The molecule has 0 spiro atoms. The Labute approximate surface area is 343 Å². The standard InChI is InChI=1S/C46H87N5O5/c1-3-5-7-9-11-13-15-17-19-21-23-25-27-29-31-35-43(54)41(38-52)51(45(56)40(47)34-33-37-50-46(48)49)42(39-53)44(55)36-32-30-28-26-24-22-20-18-16-14-12-10-8-6-4-2/h17-20,40-42,52-53H,3-16,21-39,47H2,1-2H3,(H4,48,49,50)/b19-17-,20-18-/t40-,41?,42?/m0/s1. The van der Waals surface area contributed by atoms with Crippen LogP contribution in [0, 0.1) is 0 Å². The first-order valence-corrected chi connectivity index (χ1v) is 22.9. The van der Waals surface area contributed by atoms with Crippen LogP contribution in [0.5, 0.6) is 0 Å². The van der Waals surface area contributed by atoms with Crippen molar-refractivity contribution >= 4 is 23.4 Å². The SMILES string of the molecule is CCCCCCCC/C=C\CCCCCCCC(=O)C(CO)N(C(=O)[C@@H](N)CCCN=C(N)N)C(CO)C(=O)CCCCCCC/C=C\CCCCCCCC. The summed E-state index contributed by atoms with van der Waals surface area (Å²) >= 11 is 0. The van der Waals surface area contributed by atoms with Crippen LogP contribution in [0.25, 0.3) is 0 Å². The minimum absolute atomic E-state index is 0.0605. The highest BCUT2D eigenvalue weighted by atomic mass is 16.3. The van der Waals surface area contributed by atoms with Gasteiger partial charge in [0.2, 0.25) is 5.91 Å². The topological polar surface area (TPSA) is 185 Å². The van der Waals surface area contributed by atoms with Gasteiger partial charge in [0.1, 0.15) is 12.1 Å². The summed E-state index contributed by atoms with van der Waals surface area (Å²) in [6, 6.07) is -3.55. The van der Waals surface area contributed by atoms with Crippen molar-refractivity contribution in [1.82, 2.24) is 4.90 Å². The van der Waals surface area contributed by atoms with Crippen molar-refractivity contribution in [3.63, 3.8) is 0 Å². The molecule has 0 saturated carbocycles. The van der Waals surface area contributed by atoms with Crippen LogP contribution in [-0.2, 0) is 14.4 Å². The molecular weight excluding hydrogens is 703 g/mol. The molecule has 10 nitrogen and oxygen atoms in total. The third-order valence-corrected chi connectivity index (χ3v) is 10.7. The maximum absolute atomic E-state index is 13.8. The van der Waals surface area contributed by atoms with Crippen LogP contribution in [0.4, 0.5) is 0 Å². The minimum atomic E-state index is -1.25. The van der Waals surface area contributed by atoms with E-state index in [9.17, 15) is 24.6 Å². The van der Waals surface area contributed by atoms with Crippen LogP contribution >= 0.6 is 0 Å². The zero-order valence-electron chi connectivity index (χ0n) is 36.1. The quantitative estimate of drug-likeness (QED) is 0.0176. The summed E-state index contributed by atoms with van der Waals surface area (Å²) in [5.74, 6) is -1.34. The molecule has 0 aliphatic rings. The predicted octanol–water partition coefficient (Wildman–Crippen LogP) is 9.13. The van der Waals surface area contributed by atoms with Crippen LogP contribution in [0.15, 0.2) is 29.3 Å².